The summed E-state index contributed by atoms with van der Waals surface area (Å²) in [5, 5.41) is 2.64. The lowest BCUT2D eigenvalue weighted by molar-refractivity contribution is -0.133. The van der Waals surface area contributed by atoms with E-state index < -0.39 is 0 Å². The van der Waals surface area contributed by atoms with Gasteiger partial charge in [-0.2, -0.15) is 0 Å². The van der Waals surface area contributed by atoms with E-state index in [1.165, 1.54) is 17.4 Å². The predicted molar refractivity (Wildman–Crippen MR) is 91.8 cm³/mol. The number of rotatable bonds is 3. The summed E-state index contributed by atoms with van der Waals surface area (Å²) in [7, 11) is 0. The molecule has 0 spiro atoms. The highest BCUT2D eigenvalue weighted by Gasteiger charge is 2.42. The van der Waals surface area contributed by atoms with Crippen LogP contribution in [0.5, 0.6) is 0 Å². The summed E-state index contributed by atoms with van der Waals surface area (Å²) >= 11 is 1.48. The molecule has 2 fully saturated rings. The Morgan fingerprint density at radius 3 is 2.75 bits per heavy atom. The molecule has 1 aliphatic carbocycles. The van der Waals surface area contributed by atoms with E-state index in [1.54, 1.807) is 6.20 Å². The number of carbonyl (C=O) groups excluding carboxylic acids is 1. The van der Waals surface area contributed by atoms with Crippen LogP contribution in [-0.4, -0.2) is 38.8 Å². The predicted octanol–water partition coefficient (Wildman–Crippen LogP) is 2.26. The number of thiazole rings is 1. The highest BCUT2D eigenvalue weighted by molar-refractivity contribution is 7.13. The molecule has 0 unspecified atom stereocenters. The summed E-state index contributed by atoms with van der Waals surface area (Å²) in [5.41, 5.74) is 0.490. The number of nitrogens with one attached hydrogen (secondary N) is 1. The van der Waals surface area contributed by atoms with Crippen LogP contribution in [-0.2, 0) is 4.79 Å². The second-order valence-electron chi connectivity index (χ2n) is 6.77. The van der Waals surface area contributed by atoms with Crippen molar-refractivity contribution in [1.82, 2.24) is 19.9 Å². The summed E-state index contributed by atoms with van der Waals surface area (Å²) < 4.78 is 0. The van der Waals surface area contributed by atoms with Crippen molar-refractivity contribution in [1.29, 1.82) is 0 Å². The van der Waals surface area contributed by atoms with Crippen molar-refractivity contribution in [3.63, 3.8) is 0 Å². The van der Waals surface area contributed by atoms with Crippen molar-refractivity contribution in [3.05, 3.63) is 33.8 Å². The van der Waals surface area contributed by atoms with Gasteiger partial charge in [-0.15, -0.1) is 11.3 Å². The largest absolute Gasteiger partial charge is 0.342 e. The molecular weight excluding hydrogens is 324 g/mol. The van der Waals surface area contributed by atoms with Gasteiger partial charge in [0.2, 0.25) is 5.91 Å². The van der Waals surface area contributed by atoms with Crippen LogP contribution in [0.15, 0.2) is 22.4 Å². The lowest BCUT2D eigenvalue weighted by atomic mass is 9.95. The molecule has 24 heavy (non-hydrogen) atoms. The molecule has 0 radical (unpaired) electrons. The molecule has 0 aromatic carbocycles. The average molecular weight is 344 g/mol. The van der Waals surface area contributed by atoms with Crippen LogP contribution in [0.25, 0.3) is 10.7 Å². The Morgan fingerprint density at radius 2 is 2.12 bits per heavy atom. The number of carbonyl (C=O) groups is 1. The van der Waals surface area contributed by atoms with Crippen molar-refractivity contribution in [2.45, 2.75) is 32.1 Å². The number of nitrogens with zero attached hydrogens (tertiary/aromatic N) is 3. The van der Waals surface area contributed by atoms with Gasteiger partial charge in [-0.05, 0) is 25.2 Å². The van der Waals surface area contributed by atoms with Gasteiger partial charge < -0.3 is 9.88 Å². The van der Waals surface area contributed by atoms with E-state index in [1.807, 2.05) is 10.3 Å². The van der Waals surface area contributed by atoms with Gasteiger partial charge in [-0.3, -0.25) is 9.59 Å². The van der Waals surface area contributed by atoms with Crippen LogP contribution in [0.3, 0.4) is 0 Å². The van der Waals surface area contributed by atoms with Gasteiger partial charge in [0, 0.05) is 42.6 Å². The highest BCUT2D eigenvalue weighted by atomic mass is 32.1. The minimum absolute atomic E-state index is 0.143. The number of amides is 1. The average Bonchev–Trinajstić information content (AvgIpc) is 3.10. The van der Waals surface area contributed by atoms with E-state index in [0.717, 1.165) is 43.2 Å². The molecule has 2 aliphatic rings. The summed E-state index contributed by atoms with van der Waals surface area (Å²) in [6.07, 6.45) is 4.43. The van der Waals surface area contributed by atoms with Crippen molar-refractivity contribution in [2.75, 3.05) is 13.1 Å². The Balaban J connectivity index is 1.47. The molecule has 4 rings (SSSR count). The van der Waals surface area contributed by atoms with Crippen LogP contribution in [0, 0.1) is 11.8 Å². The molecule has 2 aromatic heterocycles. The number of aromatic nitrogens is 3. The van der Waals surface area contributed by atoms with Crippen molar-refractivity contribution in [2.24, 2.45) is 11.8 Å². The minimum Gasteiger partial charge on any atom is -0.342 e. The first-order chi connectivity index (χ1) is 11.6. The first-order valence-electron chi connectivity index (χ1n) is 8.41. The molecule has 1 N–H and O–H groups in total. The van der Waals surface area contributed by atoms with Gasteiger partial charge in [0.25, 0.3) is 5.56 Å². The van der Waals surface area contributed by atoms with E-state index in [4.69, 9.17) is 0 Å². The number of H-pyrrole nitrogens is 1. The monoisotopic (exact) mass is 344 g/mol. The van der Waals surface area contributed by atoms with E-state index in [9.17, 15) is 9.59 Å². The van der Waals surface area contributed by atoms with Gasteiger partial charge in [0.15, 0.2) is 0 Å². The normalized spacial score (nSPS) is 24.1. The highest BCUT2D eigenvalue weighted by Crippen LogP contribution is 2.40. The molecule has 1 saturated heterocycles. The summed E-state index contributed by atoms with van der Waals surface area (Å²) in [5.74, 6) is 2.01. The van der Waals surface area contributed by atoms with Crippen LogP contribution in [0.2, 0.25) is 0 Å². The number of hydrogen-bond acceptors (Lipinski definition) is 5. The molecule has 0 bridgehead atoms. The number of piperidine rings is 1. The molecular formula is C17H20N4O2S. The fraction of sp³-hybridized carbons (Fsp3) is 0.529. The third kappa shape index (κ3) is 3.00. The third-order valence-electron chi connectivity index (χ3n) is 5.03. The van der Waals surface area contributed by atoms with Gasteiger partial charge in [0.05, 0.1) is 0 Å². The topological polar surface area (TPSA) is 79.0 Å². The molecule has 126 valence electrons. The molecule has 2 atom stereocenters. The third-order valence-corrected chi connectivity index (χ3v) is 5.83. The second kappa shape index (κ2) is 6.12. The van der Waals surface area contributed by atoms with E-state index in [-0.39, 0.29) is 17.4 Å². The molecule has 2 aromatic rings. The van der Waals surface area contributed by atoms with Crippen LogP contribution < -0.4 is 5.56 Å². The number of likely N-dealkylation sites (tertiary alicyclic amines) is 1. The molecule has 1 saturated carbocycles. The Morgan fingerprint density at radius 1 is 1.38 bits per heavy atom. The Kier molecular flexibility index (Phi) is 3.96. The van der Waals surface area contributed by atoms with Crippen LogP contribution in [0.4, 0.5) is 0 Å². The fourth-order valence-corrected chi connectivity index (χ4v) is 4.00. The standard InChI is InChI=1S/C17H20N4O2S/c1-10-8-12(10)17(23)21-5-2-11(3-6-21)15-19-13(9-14(22)20-15)16-18-4-7-24-16/h4,7,9-12H,2-3,5-6,8H2,1H3,(H,19,20,22)/t10-,12-/m0/s1. The van der Waals surface area contributed by atoms with Crippen LogP contribution >= 0.6 is 11.3 Å². The lowest BCUT2D eigenvalue weighted by Gasteiger charge is -2.31. The quantitative estimate of drug-likeness (QED) is 0.926. The van der Waals surface area contributed by atoms with Crippen molar-refractivity contribution < 1.29 is 4.79 Å². The maximum Gasteiger partial charge on any atom is 0.251 e. The Hall–Kier alpha value is -2.02. The molecule has 6 nitrogen and oxygen atoms in total. The molecule has 1 aliphatic heterocycles. The lowest BCUT2D eigenvalue weighted by Crippen LogP contribution is -2.39. The van der Waals surface area contributed by atoms with Gasteiger partial charge in [-0.1, -0.05) is 6.92 Å². The maximum atomic E-state index is 12.3. The van der Waals surface area contributed by atoms with Gasteiger partial charge >= 0.3 is 0 Å². The first-order valence-corrected chi connectivity index (χ1v) is 9.29. The molecule has 3 heterocycles. The maximum absolute atomic E-state index is 12.3. The number of aromatic amines is 1. The van der Waals surface area contributed by atoms with Crippen molar-refractivity contribution in [3.8, 4) is 10.7 Å². The fourth-order valence-electron chi connectivity index (χ4n) is 3.40. The van der Waals surface area contributed by atoms with E-state index >= 15 is 0 Å². The Bertz CT molecular complexity index is 793. The number of hydrogen-bond donors (Lipinski definition) is 1. The van der Waals surface area contributed by atoms with Gasteiger partial charge in [-0.25, -0.2) is 9.97 Å². The van der Waals surface area contributed by atoms with Crippen molar-refractivity contribution >= 4 is 17.2 Å². The Labute approximate surface area is 144 Å². The molecule has 1 amide bonds. The summed E-state index contributed by atoms with van der Waals surface area (Å²) in [4.78, 5) is 38.0. The zero-order valence-corrected chi connectivity index (χ0v) is 14.4. The van der Waals surface area contributed by atoms with E-state index in [2.05, 4.69) is 21.9 Å². The minimum atomic E-state index is -0.143. The van der Waals surface area contributed by atoms with Gasteiger partial charge in [0.1, 0.15) is 16.5 Å². The second-order valence-corrected chi connectivity index (χ2v) is 7.67. The summed E-state index contributed by atoms with van der Waals surface area (Å²) in [6, 6.07) is 1.50. The van der Waals surface area contributed by atoms with E-state index in [0.29, 0.717) is 17.5 Å². The zero-order valence-electron chi connectivity index (χ0n) is 13.6. The zero-order chi connectivity index (χ0) is 16.7. The van der Waals surface area contributed by atoms with Crippen LogP contribution in [0.1, 0.15) is 37.9 Å². The summed E-state index contributed by atoms with van der Waals surface area (Å²) in [6.45, 7) is 3.63. The smallest absolute Gasteiger partial charge is 0.251 e. The molecule has 7 heteroatoms. The SMILES string of the molecule is C[C@H]1C[C@@H]1C(=O)N1CCC(c2nc(-c3nccs3)cc(=O)[nH]2)CC1. The first kappa shape index (κ1) is 15.5.